The summed E-state index contributed by atoms with van der Waals surface area (Å²) < 4.78 is 6.82. The minimum absolute atomic E-state index is 0.252. The molecule has 2 aliphatic rings. The van der Waals surface area contributed by atoms with E-state index in [2.05, 4.69) is 11.6 Å². The van der Waals surface area contributed by atoms with Gasteiger partial charge in [-0.05, 0) is 24.4 Å². The number of nitrogens with zero attached hydrogens (tertiary/aromatic N) is 3. The molecular formula is C24H19N3O4S2. The number of para-hydroxylation sites is 1. The average Bonchev–Trinajstić information content (AvgIpc) is 3.51. The summed E-state index contributed by atoms with van der Waals surface area (Å²) in [6, 6.07) is 10.5. The number of carbonyl (C=O) groups excluding carboxylic acids is 2. The van der Waals surface area contributed by atoms with Crippen molar-refractivity contribution < 1.29 is 14.3 Å². The lowest BCUT2D eigenvalue weighted by Gasteiger charge is -2.22. The number of hydrogen-bond donors (Lipinski definition) is 0. The highest BCUT2D eigenvalue weighted by atomic mass is 32.1. The molecule has 1 aromatic carbocycles. The molecule has 166 valence electrons. The molecule has 5 rings (SSSR count). The molecule has 0 saturated heterocycles. The lowest BCUT2D eigenvalue weighted by Crippen LogP contribution is -2.40. The molecular weight excluding hydrogens is 458 g/mol. The smallest absolute Gasteiger partial charge is 0.338 e. The second-order valence-corrected chi connectivity index (χ2v) is 9.46. The van der Waals surface area contributed by atoms with Crippen LogP contribution in [0.4, 0.5) is 5.69 Å². The summed E-state index contributed by atoms with van der Waals surface area (Å²) in [6.45, 7) is 5.82. The van der Waals surface area contributed by atoms with E-state index in [1.165, 1.54) is 23.0 Å². The number of hydrogen-bond acceptors (Lipinski definition) is 7. The van der Waals surface area contributed by atoms with Gasteiger partial charge in [-0.15, -0.1) is 17.9 Å². The summed E-state index contributed by atoms with van der Waals surface area (Å²) in [5.74, 6) is -0.787. The van der Waals surface area contributed by atoms with E-state index < -0.39 is 12.0 Å². The number of methoxy groups -OCH3 is 1. The van der Waals surface area contributed by atoms with Gasteiger partial charge in [-0.3, -0.25) is 14.2 Å². The third kappa shape index (κ3) is 3.15. The van der Waals surface area contributed by atoms with Gasteiger partial charge in [-0.2, -0.15) is 0 Å². The Morgan fingerprint density at radius 2 is 2.03 bits per heavy atom. The van der Waals surface area contributed by atoms with Crippen molar-refractivity contribution in [3.63, 3.8) is 0 Å². The molecule has 2 aromatic heterocycles. The van der Waals surface area contributed by atoms with Gasteiger partial charge in [-0.1, -0.05) is 41.7 Å². The molecule has 0 N–H and O–H groups in total. The summed E-state index contributed by atoms with van der Waals surface area (Å²) in [5, 5.41) is 1.89. The predicted molar refractivity (Wildman–Crippen MR) is 128 cm³/mol. The summed E-state index contributed by atoms with van der Waals surface area (Å²) in [6.07, 6.45) is 1.65. The molecule has 0 radical (unpaired) electrons. The Morgan fingerprint density at radius 3 is 2.73 bits per heavy atom. The lowest BCUT2D eigenvalue weighted by molar-refractivity contribution is -0.136. The predicted octanol–water partition coefficient (Wildman–Crippen LogP) is 2.37. The van der Waals surface area contributed by atoms with Crippen molar-refractivity contribution in [3.05, 3.63) is 95.8 Å². The summed E-state index contributed by atoms with van der Waals surface area (Å²) in [7, 11) is 1.31. The van der Waals surface area contributed by atoms with Gasteiger partial charge in [-0.25, -0.2) is 9.79 Å². The van der Waals surface area contributed by atoms with E-state index in [-0.39, 0.29) is 11.5 Å². The van der Waals surface area contributed by atoms with Gasteiger partial charge in [0.25, 0.3) is 11.5 Å². The number of esters is 1. The largest absolute Gasteiger partial charge is 0.466 e. The normalized spacial score (nSPS) is 18.7. The highest BCUT2D eigenvalue weighted by molar-refractivity contribution is 7.10. The Kier molecular flexibility index (Phi) is 5.22. The third-order valence-electron chi connectivity index (χ3n) is 5.68. The number of allylic oxidation sites excluding steroid dienone is 1. The monoisotopic (exact) mass is 477 g/mol. The van der Waals surface area contributed by atoms with Crippen LogP contribution in [0.1, 0.15) is 23.4 Å². The van der Waals surface area contributed by atoms with Crippen molar-refractivity contribution in [2.45, 2.75) is 13.0 Å². The molecule has 0 spiro atoms. The molecule has 0 saturated carbocycles. The Balaban J connectivity index is 1.84. The van der Waals surface area contributed by atoms with Gasteiger partial charge in [0, 0.05) is 17.0 Å². The van der Waals surface area contributed by atoms with Crippen molar-refractivity contribution in [3.8, 4) is 0 Å². The topological polar surface area (TPSA) is 81.0 Å². The highest BCUT2D eigenvalue weighted by Gasteiger charge is 2.37. The van der Waals surface area contributed by atoms with Crippen LogP contribution in [-0.4, -0.2) is 30.1 Å². The average molecular weight is 478 g/mol. The van der Waals surface area contributed by atoms with E-state index in [0.717, 1.165) is 21.9 Å². The third-order valence-corrected chi connectivity index (χ3v) is 7.66. The van der Waals surface area contributed by atoms with Crippen LogP contribution in [0.25, 0.3) is 5.57 Å². The second kappa shape index (κ2) is 8.09. The molecule has 3 aromatic rings. The zero-order valence-corrected chi connectivity index (χ0v) is 19.5. The summed E-state index contributed by atoms with van der Waals surface area (Å²) in [5.41, 5.74) is 2.24. The van der Waals surface area contributed by atoms with Crippen LogP contribution in [0.2, 0.25) is 0 Å². The standard InChI is InChI=1S/C24H19N3O4S2/c1-4-11-26-15-9-6-5-8-14(15)18(21(26)28)20-22(29)27-19(16-10-7-12-32-16)17(23(30)31-3)13(2)25-24(27)33-20/h4-10,12,19H,1,11H2,2-3H3/b20-18-. The lowest BCUT2D eigenvalue weighted by atomic mass is 10.0. The molecule has 33 heavy (non-hydrogen) atoms. The maximum Gasteiger partial charge on any atom is 0.338 e. The van der Waals surface area contributed by atoms with Gasteiger partial charge in [0.1, 0.15) is 10.6 Å². The van der Waals surface area contributed by atoms with Crippen LogP contribution >= 0.6 is 22.7 Å². The number of aromatic nitrogens is 1. The summed E-state index contributed by atoms with van der Waals surface area (Å²) >= 11 is 2.61. The van der Waals surface area contributed by atoms with Crippen molar-refractivity contribution in [1.29, 1.82) is 0 Å². The molecule has 9 heteroatoms. The number of thiazole rings is 1. The molecule has 0 bridgehead atoms. The Hall–Kier alpha value is -3.56. The SMILES string of the molecule is C=CCN1C(=O)/C(=c2\sc3n(c2=O)C(c2cccs2)C(C(=O)OC)=C(C)N=3)c2ccccc21. The van der Waals surface area contributed by atoms with Gasteiger partial charge < -0.3 is 9.64 Å². The fourth-order valence-corrected chi connectivity index (χ4v) is 6.23. The van der Waals surface area contributed by atoms with Crippen molar-refractivity contribution in [2.24, 2.45) is 4.99 Å². The van der Waals surface area contributed by atoms with E-state index in [0.29, 0.717) is 38.3 Å². The van der Waals surface area contributed by atoms with Gasteiger partial charge in [0.2, 0.25) is 0 Å². The minimum Gasteiger partial charge on any atom is -0.466 e. The number of anilines is 1. The van der Waals surface area contributed by atoms with Crippen LogP contribution in [0, 0.1) is 0 Å². The van der Waals surface area contributed by atoms with Crippen molar-refractivity contribution >= 4 is 45.8 Å². The quantitative estimate of drug-likeness (QED) is 0.427. The zero-order chi connectivity index (χ0) is 23.3. The molecule has 2 aliphatic heterocycles. The number of amides is 1. The first-order valence-electron chi connectivity index (χ1n) is 10.2. The second-order valence-electron chi connectivity index (χ2n) is 7.51. The Morgan fingerprint density at radius 1 is 1.24 bits per heavy atom. The number of thiophene rings is 1. The van der Waals surface area contributed by atoms with Crippen LogP contribution in [0.3, 0.4) is 0 Å². The molecule has 0 fully saturated rings. The van der Waals surface area contributed by atoms with Crippen LogP contribution in [0.5, 0.6) is 0 Å². The first-order valence-corrected chi connectivity index (χ1v) is 11.9. The van der Waals surface area contributed by atoms with Crippen LogP contribution in [0.15, 0.2) is 75.5 Å². The Labute approximate surface area is 196 Å². The van der Waals surface area contributed by atoms with Crippen LogP contribution < -0.4 is 19.8 Å². The fraction of sp³-hybridized carbons (Fsp3) is 0.167. The number of rotatable bonds is 4. The first-order chi connectivity index (χ1) is 16.0. The molecule has 7 nitrogen and oxygen atoms in total. The number of benzene rings is 1. The minimum atomic E-state index is -0.668. The van der Waals surface area contributed by atoms with Crippen molar-refractivity contribution in [1.82, 2.24) is 4.57 Å². The highest BCUT2D eigenvalue weighted by Crippen LogP contribution is 2.36. The van der Waals surface area contributed by atoms with Crippen molar-refractivity contribution in [2.75, 3.05) is 18.6 Å². The maximum absolute atomic E-state index is 13.8. The van der Waals surface area contributed by atoms with E-state index in [1.807, 2.05) is 41.8 Å². The number of fused-ring (bicyclic) bond motifs is 2. The number of ether oxygens (including phenoxy) is 1. The van der Waals surface area contributed by atoms with E-state index >= 15 is 0 Å². The fourth-order valence-electron chi connectivity index (χ4n) is 4.27. The van der Waals surface area contributed by atoms with E-state index in [1.54, 1.807) is 17.9 Å². The van der Waals surface area contributed by atoms with E-state index in [9.17, 15) is 14.4 Å². The Bertz CT molecular complexity index is 1530. The molecule has 0 aliphatic carbocycles. The van der Waals surface area contributed by atoms with Gasteiger partial charge >= 0.3 is 5.97 Å². The molecule has 1 unspecified atom stereocenters. The van der Waals surface area contributed by atoms with Gasteiger partial charge in [0.15, 0.2) is 4.80 Å². The molecule has 1 amide bonds. The van der Waals surface area contributed by atoms with Crippen LogP contribution in [-0.2, 0) is 14.3 Å². The maximum atomic E-state index is 13.8. The van der Waals surface area contributed by atoms with Gasteiger partial charge in [0.05, 0.1) is 29.6 Å². The molecule has 1 atom stereocenters. The number of carbonyl (C=O) groups is 2. The first kappa shape index (κ1) is 21.3. The summed E-state index contributed by atoms with van der Waals surface area (Å²) in [4.78, 5) is 47.3. The van der Waals surface area contributed by atoms with E-state index in [4.69, 9.17) is 4.74 Å². The zero-order valence-electron chi connectivity index (χ0n) is 17.9. The molecule has 4 heterocycles.